The van der Waals surface area contributed by atoms with E-state index in [0.29, 0.717) is 13.1 Å². The molecule has 106 valence electrons. The van der Waals surface area contributed by atoms with Gasteiger partial charge >= 0.3 is 0 Å². The molecule has 0 spiro atoms. The van der Waals surface area contributed by atoms with Crippen LogP contribution in [0.1, 0.15) is 24.5 Å². The minimum atomic E-state index is -0.726. The van der Waals surface area contributed by atoms with E-state index in [9.17, 15) is 9.59 Å². The Morgan fingerprint density at radius 2 is 2.20 bits per heavy atom. The number of nitrogens with zero attached hydrogens (tertiary/aromatic N) is 1. The number of nitrogens with one attached hydrogen (secondary N) is 1. The van der Waals surface area contributed by atoms with Crippen molar-refractivity contribution in [3.63, 3.8) is 0 Å². The van der Waals surface area contributed by atoms with Crippen molar-refractivity contribution in [2.24, 2.45) is 0 Å². The molecular weight excluding hydrogens is 256 g/mol. The fourth-order valence-electron chi connectivity index (χ4n) is 3.00. The quantitative estimate of drug-likeness (QED) is 0.814. The predicted molar refractivity (Wildman–Crippen MR) is 73.3 cm³/mol. The Morgan fingerprint density at radius 3 is 2.85 bits per heavy atom. The zero-order valence-electron chi connectivity index (χ0n) is 11.7. The highest BCUT2D eigenvalue weighted by Gasteiger charge is 2.47. The topological polar surface area (TPSA) is 58.6 Å². The summed E-state index contributed by atoms with van der Waals surface area (Å²) in [6.45, 7) is 3.02. The summed E-state index contributed by atoms with van der Waals surface area (Å²) >= 11 is 0. The van der Waals surface area contributed by atoms with E-state index in [1.54, 1.807) is 14.0 Å². The second-order valence-electron chi connectivity index (χ2n) is 5.63. The van der Waals surface area contributed by atoms with Crippen LogP contribution in [0.2, 0.25) is 0 Å². The number of benzene rings is 1. The normalized spacial score (nSPS) is 24.5. The van der Waals surface area contributed by atoms with Crippen LogP contribution >= 0.6 is 0 Å². The number of hydrogen-bond donors (Lipinski definition) is 1. The smallest absolute Gasteiger partial charge is 0.248 e. The van der Waals surface area contributed by atoms with Crippen molar-refractivity contribution in [3.8, 4) is 5.75 Å². The van der Waals surface area contributed by atoms with Gasteiger partial charge in [0, 0.05) is 18.7 Å². The number of methoxy groups -OCH3 is 1. The number of rotatable bonds is 2. The molecule has 1 saturated heterocycles. The molecule has 1 N–H and O–H groups in total. The van der Waals surface area contributed by atoms with Crippen molar-refractivity contribution < 1.29 is 14.3 Å². The van der Waals surface area contributed by atoms with Gasteiger partial charge in [-0.3, -0.25) is 9.59 Å². The zero-order chi connectivity index (χ0) is 14.3. The maximum Gasteiger partial charge on any atom is 0.248 e. The molecule has 20 heavy (non-hydrogen) atoms. The first-order valence-corrected chi connectivity index (χ1v) is 6.78. The average molecular weight is 274 g/mol. The Hall–Kier alpha value is -2.04. The third-order valence-corrected chi connectivity index (χ3v) is 4.14. The molecule has 0 aliphatic carbocycles. The Kier molecular flexibility index (Phi) is 2.92. The first kappa shape index (κ1) is 13.0. The van der Waals surface area contributed by atoms with E-state index >= 15 is 0 Å². The highest BCUT2D eigenvalue weighted by atomic mass is 16.5. The van der Waals surface area contributed by atoms with Crippen LogP contribution in [-0.4, -0.2) is 35.9 Å². The largest absolute Gasteiger partial charge is 0.496 e. The molecule has 2 aliphatic rings. The second kappa shape index (κ2) is 4.51. The second-order valence-corrected chi connectivity index (χ2v) is 5.63. The predicted octanol–water partition coefficient (Wildman–Crippen LogP) is 0.858. The third kappa shape index (κ3) is 1.94. The van der Waals surface area contributed by atoms with Gasteiger partial charge < -0.3 is 15.0 Å². The summed E-state index contributed by atoms with van der Waals surface area (Å²) in [5, 5.41) is 2.71. The summed E-state index contributed by atoms with van der Waals surface area (Å²) in [4.78, 5) is 25.4. The summed E-state index contributed by atoms with van der Waals surface area (Å²) in [6.07, 6.45) is 1.10. The molecule has 0 radical (unpaired) electrons. The number of carbonyl (C=O) groups excluding carboxylic acids is 2. The maximum absolute atomic E-state index is 12.5. The summed E-state index contributed by atoms with van der Waals surface area (Å²) in [5.74, 6) is 0.757. The van der Waals surface area contributed by atoms with Crippen LogP contribution in [0, 0.1) is 0 Å². The molecule has 0 bridgehead atoms. The van der Waals surface area contributed by atoms with Crippen molar-refractivity contribution >= 4 is 11.8 Å². The lowest BCUT2D eigenvalue weighted by molar-refractivity contribution is -0.150. The van der Waals surface area contributed by atoms with E-state index in [-0.39, 0.29) is 18.2 Å². The lowest BCUT2D eigenvalue weighted by atomic mass is 9.86. The van der Waals surface area contributed by atoms with E-state index in [2.05, 4.69) is 11.4 Å². The zero-order valence-corrected chi connectivity index (χ0v) is 11.7. The minimum absolute atomic E-state index is 0.00587. The van der Waals surface area contributed by atoms with Crippen LogP contribution in [-0.2, 0) is 22.6 Å². The maximum atomic E-state index is 12.5. The summed E-state index contributed by atoms with van der Waals surface area (Å²) < 4.78 is 5.38. The lowest BCUT2D eigenvalue weighted by Gasteiger charge is -2.42. The van der Waals surface area contributed by atoms with Crippen molar-refractivity contribution in [2.45, 2.75) is 31.8 Å². The van der Waals surface area contributed by atoms with Crippen molar-refractivity contribution in [3.05, 3.63) is 29.3 Å². The molecule has 1 fully saturated rings. The first-order chi connectivity index (χ1) is 9.53. The molecule has 1 aromatic carbocycles. The van der Waals surface area contributed by atoms with Gasteiger partial charge in [0.2, 0.25) is 11.8 Å². The van der Waals surface area contributed by atoms with E-state index in [4.69, 9.17) is 4.74 Å². The fraction of sp³-hybridized carbons (Fsp3) is 0.467. The molecule has 0 aromatic heterocycles. The number of fused-ring (bicyclic) bond motifs is 1. The number of β-lactam (4-membered cyclic amide) rings is 1. The van der Waals surface area contributed by atoms with E-state index < -0.39 is 5.54 Å². The van der Waals surface area contributed by atoms with Crippen molar-refractivity contribution in [1.29, 1.82) is 0 Å². The number of carbonyl (C=O) groups is 2. The average Bonchev–Trinajstić information content (AvgIpc) is 2.43. The lowest BCUT2D eigenvalue weighted by Crippen LogP contribution is -2.67. The molecule has 5 heteroatoms. The van der Waals surface area contributed by atoms with Gasteiger partial charge in [-0.05, 0) is 25.0 Å². The van der Waals surface area contributed by atoms with Gasteiger partial charge in [0.15, 0.2) is 0 Å². The molecule has 2 amide bonds. The highest BCUT2D eigenvalue weighted by molar-refractivity contribution is 6.00. The number of amides is 2. The van der Waals surface area contributed by atoms with Crippen LogP contribution < -0.4 is 10.1 Å². The molecule has 3 rings (SSSR count). The van der Waals surface area contributed by atoms with Crippen LogP contribution in [0.5, 0.6) is 5.75 Å². The first-order valence-electron chi connectivity index (χ1n) is 6.78. The van der Waals surface area contributed by atoms with Gasteiger partial charge in [0.25, 0.3) is 0 Å². The molecule has 1 atom stereocenters. The number of hydrogen-bond acceptors (Lipinski definition) is 3. The standard InChI is InChI=1S/C15H18N2O3/c1-15(8-13(18)16-15)14(19)17-7-6-10-4-3-5-12(20-2)11(10)9-17/h3-5H,6-9H2,1-2H3,(H,16,18). The summed E-state index contributed by atoms with van der Waals surface area (Å²) in [7, 11) is 1.64. The van der Waals surface area contributed by atoms with Crippen LogP contribution in [0.4, 0.5) is 0 Å². The van der Waals surface area contributed by atoms with Crippen molar-refractivity contribution in [2.75, 3.05) is 13.7 Å². The minimum Gasteiger partial charge on any atom is -0.496 e. The van der Waals surface area contributed by atoms with Crippen LogP contribution in [0.25, 0.3) is 0 Å². The van der Waals surface area contributed by atoms with Gasteiger partial charge in [-0.25, -0.2) is 0 Å². The monoisotopic (exact) mass is 274 g/mol. The SMILES string of the molecule is COc1cccc2c1CN(C(=O)C1(C)CC(=O)N1)CC2. The molecule has 0 saturated carbocycles. The van der Waals surface area contributed by atoms with Gasteiger partial charge in [-0.15, -0.1) is 0 Å². The molecule has 2 aliphatic heterocycles. The van der Waals surface area contributed by atoms with Crippen LogP contribution in [0.3, 0.4) is 0 Å². The Labute approximate surface area is 117 Å². The van der Waals surface area contributed by atoms with E-state index in [1.807, 2.05) is 17.0 Å². The van der Waals surface area contributed by atoms with Gasteiger partial charge in [0.05, 0.1) is 13.5 Å². The van der Waals surface area contributed by atoms with Gasteiger partial charge in [-0.1, -0.05) is 12.1 Å². The molecule has 5 nitrogen and oxygen atoms in total. The number of ether oxygens (including phenoxy) is 1. The third-order valence-electron chi connectivity index (χ3n) is 4.14. The summed E-state index contributed by atoms with van der Waals surface area (Å²) in [6, 6.07) is 5.97. The Bertz CT molecular complexity index is 560. The highest BCUT2D eigenvalue weighted by Crippen LogP contribution is 2.30. The molecule has 1 aromatic rings. The van der Waals surface area contributed by atoms with E-state index in [1.165, 1.54) is 5.56 Å². The van der Waals surface area contributed by atoms with Gasteiger partial charge in [-0.2, -0.15) is 0 Å². The van der Waals surface area contributed by atoms with Crippen LogP contribution in [0.15, 0.2) is 18.2 Å². The Morgan fingerprint density at radius 1 is 1.45 bits per heavy atom. The molecule has 1 unspecified atom stereocenters. The van der Waals surface area contributed by atoms with Gasteiger partial charge in [0.1, 0.15) is 11.3 Å². The summed E-state index contributed by atoms with van der Waals surface area (Å²) in [5.41, 5.74) is 1.58. The van der Waals surface area contributed by atoms with E-state index in [0.717, 1.165) is 17.7 Å². The molecular formula is C15H18N2O3. The Balaban J connectivity index is 1.82. The molecule has 2 heterocycles. The fourth-order valence-corrected chi connectivity index (χ4v) is 3.00. The van der Waals surface area contributed by atoms with Crippen molar-refractivity contribution in [1.82, 2.24) is 10.2 Å².